The lowest BCUT2D eigenvalue weighted by Gasteiger charge is -2.47. The van der Waals surface area contributed by atoms with Crippen molar-refractivity contribution in [3.63, 3.8) is 0 Å². The number of ether oxygens (including phenoxy) is 1. The fourth-order valence-corrected chi connectivity index (χ4v) is 2.54. The van der Waals surface area contributed by atoms with E-state index in [4.69, 9.17) is 10.5 Å². The van der Waals surface area contributed by atoms with Crippen LogP contribution in [0.25, 0.3) is 0 Å². The number of nitrogens with two attached hydrogens (primary N) is 1. The van der Waals surface area contributed by atoms with E-state index in [2.05, 4.69) is 24.3 Å². The Kier molecular flexibility index (Phi) is 5.07. The van der Waals surface area contributed by atoms with Crippen molar-refractivity contribution in [1.82, 2.24) is 10.2 Å². The number of nitrogens with one attached hydrogen (secondary N) is 1. The van der Waals surface area contributed by atoms with E-state index in [9.17, 15) is 4.79 Å². The van der Waals surface area contributed by atoms with Crippen LogP contribution in [0, 0.1) is 0 Å². The van der Waals surface area contributed by atoms with Crippen molar-refractivity contribution in [1.29, 1.82) is 0 Å². The molecule has 0 spiro atoms. The second-order valence-electron chi connectivity index (χ2n) is 5.92. The minimum atomic E-state index is 0.0403. The van der Waals surface area contributed by atoms with Crippen LogP contribution >= 0.6 is 0 Å². The molecule has 0 saturated heterocycles. The molecule has 2 rings (SSSR count). The topological polar surface area (TPSA) is 67.6 Å². The van der Waals surface area contributed by atoms with Crippen LogP contribution in [0.1, 0.15) is 25.7 Å². The zero-order valence-electron chi connectivity index (χ0n) is 12.9. The van der Waals surface area contributed by atoms with Crippen molar-refractivity contribution < 1.29 is 9.53 Å². The fraction of sp³-hybridized carbons (Fsp3) is 0.562. The molecule has 0 aromatic heterocycles. The van der Waals surface area contributed by atoms with Crippen molar-refractivity contribution >= 4 is 11.6 Å². The third kappa shape index (κ3) is 4.11. The maximum atomic E-state index is 11.9. The Hall–Kier alpha value is -1.75. The average molecular weight is 291 g/mol. The quantitative estimate of drug-likeness (QED) is 0.749. The summed E-state index contributed by atoms with van der Waals surface area (Å²) in [5, 5.41) is 3.02. The second-order valence-corrected chi connectivity index (χ2v) is 5.92. The standard InChI is InChI=1S/C16H25N3O2/c1-19(2)16(9-3-10-16)12-18-15(20)8-11-21-14-6-4-13(17)5-7-14/h4-7H,3,8-12,17H2,1-2H3,(H,18,20). The zero-order valence-corrected chi connectivity index (χ0v) is 12.9. The van der Waals surface area contributed by atoms with Gasteiger partial charge in [-0.25, -0.2) is 0 Å². The minimum absolute atomic E-state index is 0.0403. The lowest BCUT2D eigenvalue weighted by atomic mass is 9.75. The predicted molar refractivity (Wildman–Crippen MR) is 84.2 cm³/mol. The molecular weight excluding hydrogens is 266 g/mol. The Morgan fingerprint density at radius 3 is 2.52 bits per heavy atom. The summed E-state index contributed by atoms with van der Waals surface area (Å²) in [6.07, 6.45) is 3.92. The summed E-state index contributed by atoms with van der Waals surface area (Å²) in [6, 6.07) is 7.19. The highest BCUT2D eigenvalue weighted by molar-refractivity contribution is 5.76. The summed E-state index contributed by atoms with van der Waals surface area (Å²) in [5.41, 5.74) is 6.47. The van der Waals surface area contributed by atoms with Crippen molar-refractivity contribution in [2.75, 3.05) is 33.0 Å². The summed E-state index contributed by atoms with van der Waals surface area (Å²) in [6.45, 7) is 1.10. The van der Waals surface area contributed by atoms with Gasteiger partial charge in [-0.05, 0) is 57.6 Å². The summed E-state index contributed by atoms with van der Waals surface area (Å²) >= 11 is 0. The first-order chi connectivity index (χ1) is 10.0. The highest BCUT2D eigenvalue weighted by Crippen LogP contribution is 2.35. The highest BCUT2D eigenvalue weighted by Gasteiger charge is 2.38. The molecule has 116 valence electrons. The second kappa shape index (κ2) is 6.80. The van der Waals surface area contributed by atoms with Gasteiger partial charge in [0.25, 0.3) is 0 Å². The Bertz CT molecular complexity index is 467. The van der Waals surface area contributed by atoms with Crippen molar-refractivity contribution in [2.45, 2.75) is 31.2 Å². The number of hydrogen-bond acceptors (Lipinski definition) is 4. The van der Waals surface area contributed by atoms with E-state index in [1.54, 1.807) is 12.1 Å². The molecule has 1 aromatic carbocycles. The lowest BCUT2D eigenvalue weighted by Crippen LogP contribution is -2.57. The van der Waals surface area contributed by atoms with Gasteiger partial charge in [-0.3, -0.25) is 4.79 Å². The van der Waals surface area contributed by atoms with Crippen LogP contribution in [0.5, 0.6) is 5.75 Å². The van der Waals surface area contributed by atoms with Gasteiger partial charge in [0, 0.05) is 17.8 Å². The number of amides is 1. The fourth-order valence-electron chi connectivity index (χ4n) is 2.54. The third-order valence-electron chi connectivity index (χ3n) is 4.33. The number of rotatable bonds is 7. The van der Waals surface area contributed by atoms with Gasteiger partial charge in [0.2, 0.25) is 5.91 Å². The Labute approximate surface area is 126 Å². The zero-order chi connectivity index (χ0) is 15.3. The molecule has 1 saturated carbocycles. The van der Waals surface area contributed by atoms with Gasteiger partial charge in [0.15, 0.2) is 0 Å². The number of likely N-dealkylation sites (N-methyl/N-ethyl adjacent to an activating group) is 1. The van der Waals surface area contributed by atoms with E-state index in [1.807, 2.05) is 12.1 Å². The van der Waals surface area contributed by atoms with Gasteiger partial charge in [0.05, 0.1) is 13.0 Å². The van der Waals surface area contributed by atoms with Gasteiger partial charge in [-0.2, -0.15) is 0 Å². The van der Waals surface area contributed by atoms with Crippen molar-refractivity contribution in [3.05, 3.63) is 24.3 Å². The molecule has 0 atom stereocenters. The molecule has 5 nitrogen and oxygen atoms in total. The minimum Gasteiger partial charge on any atom is -0.493 e. The molecule has 0 heterocycles. The van der Waals surface area contributed by atoms with Gasteiger partial charge in [-0.1, -0.05) is 0 Å². The third-order valence-corrected chi connectivity index (χ3v) is 4.33. The van der Waals surface area contributed by atoms with Gasteiger partial charge < -0.3 is 20.7 Å². The molecular formula is C16H25N3O2. The average Bonchev–Trinajstić information content (AvgIpc) is 2.39. The van der Waals surface area contributed by atoms with Gasteiger partial charge >= 0.3 is 0 Å². The predicted octanol–water partition coefficient (Wildman–Crippen LogP) is 1.64. The first-order valence-electron chi connectivity index (χ1n) is 7.44. The Morgan fingerprint density at radius 2 is 2.00 bits per heavy atom. The van der Waals surface area contributed by atoms with E-state index in [0.29, 0.717) is 18.7 Å². The first-order valence-corrected chi connectivity index (χ1v) is 7.44. The maximum absolute atomic E-state index is 11.9. The number of nitrogens with zero attached hydrogens (tertiary/aromatic N) is 1. The lowest BCUT2D eigenvalue weighted by molar-refractivity contribution is -0.122. The molecule has 1 fully saturated rings. The molecule has 1 aromatic rings. The monoisotopic (exact) mass is 291 g/mol. The van der Waals surface area contributed by atoms with Crippen LogP contribution in [0.15, 0.2) is 24.3 Å². The molecule has 1 amide bonds. The number of benzene rings is 1. The summed E-state index contributed by atoms with van der Waals surface area (Å²) in [5.74, 6) is 0.777. The van der Waals surface area contributed by atoms with E-state index in [1.165, 1.54) is 6.42 Å². The largest absolute Gasteiger partial charge is 0.493 e. The molecule has 5 heteroatoms. The highest BCUT2D eigenvalue weighted by atomic mass is 16.5. The normalized spacial score (nSPS) is 16.3. The van der Waals surface area contributed by atoms with E-state index in [-0.39, 0.29) is 11.4 Å². The van der Waals surface area contributed by atoms with Crippen LogP contribution < -0.4 is 15.8 Å². The smallest absolute Gasteiger partial charge is 0.223 e. The molecule has 1 aliphatic rings. The van der Waals surface area contributed by atoms with Crippen LogP contribution in [0.3, 0.4) is 0 Å². The SMILES string of the molecule is CN(C)C1(CNC(=O)CCOc2ccc(N)cc2)CCC1. The molecule has 3 N–H and O–H groups in total. The van der Waals surface area contributed by atoms with Crippen molar-refractivity contribution in [2.24, 2.45) is 0 Å². The van der Waals surface area contributed by atoms with Gasteiger partial charge in [0.1, 0.15) is 5.75 Å². The Balaban J connectivity index is 1.67. The van der Waals surface area contributed by atoms with Crippen LogP contribution in [-0.4, -0.2) is 43.6 Å². The van der Waals surface area contributed by atoms with Crippen molar-refractivity contribution in [3.8, 4) is 5.75 Å². The first kappa shape index (κ1) is 15.6. The van der Waals surface area contributed by atoms with E-state index < -0.39 is 0 Å². The number of hydrogen-bond donors (Lipinski definition) is 2. The van der Waals surface area contributed by atoms with Crippen LogP contribution in [0.4, 0.5) is 5.69 Å². The molecule has 0 radical (unpaired) electrons. The van der Waals surface area contributed by atoms with Gasteiger partial charge in [-0.15, -0.1) is 0 Å². The Morgan fingerprint density at radius 1 is 1.33 bits per heavy atom. The summed E-state index contributed by atoms with van der Waals surface area (Å²) in [7, 11) is 4.16. The molecule has 21 heavy (non-hydrogen) atoms. The molecule has 0 aliphatic heterocycles. The van der Waals surface area contributed by atoms with Crippen LogP contribution in [-0.2, 0) is 4.79 Å². The summed E-state index contributed by atoms with van der Waals surface area (Å²) < 4.78 is 5.52. The molecule has 0 unspecified atom stereocenters. The molecule has 0 bridgehead atoms. The number of nitrogen functional groups attached to an aromatic ring is 1. The van der Waals surface area contributed by atoms with E-state index >= 15 is 0 Å². The van der Waals surface area contributed by atoms with Crippen LogP contribution in [0.2, 0.25) is 0 Å². The number of carbonyl (C=O) groups excluding carboxylic acids is 1. The maximum Gasteiger partial charge on any atom is 0.223 e. The summed E-state index contributed by atoms with van der Waals surface area (Å²) in [4.78, 5) is 14.1. The number of carbonyl (C=O) groups is 1. The van der Waals surface area contributed by atoms with E-state index in [0.717, 1.165) is 25.1 Å². The molecule has 1 aliphatic carbocycles. The number of anilines is 1.